The van der Waals surface area contributed by atoms with Gasteiger partial charge in [-0.05, 0) is 6.42 Å². The molecule has 0 bridgehead atoms. The molecular weight excluding hydrogens is 404 g/mol. The van der Waals surface area contributed by atoms with Crippen molar-refractivity contribution in [3.8, 4) is 0 Å². The Morgan fingerprint density at radius 1 is 0.419 bits per heavy atom. The maximum absolute atomic E-state index is 10.4. The van der Waals surface area contributed by atoms with Crippen molar-refractivity contribution < 1.29 is 9.90 Å². The second-order valence-corrected chi connectivity index (χ2v) is 9.63. The van der Waals surface area contributed by atoms with Gasteiger partial charge in [-0.1, -0.05) is 161 Å². The van der Waals surface area contributed by atoms with Crippen molar-refractivity contribution in [2.45, 2.75) is 174 Å². The van der Waals surface area contributed by atoms with E-state index in [4.69, 9.17) is 5.11 Å². The Bertz CT molecular complexity index is 333. The summed E-state index contributed by atoms with van der Waals surface area (Å²) in [6.07, 6.45) is 35.0. The highest BCUT2D eigenvalue weighted by Gasteiger charge is 1.97. The number of carbonyl (C=O) groups is 1. The van der Waals surface area contributed by atoms with Gasteiger partial charge in [0.25, 0.3) is 0 Å². The standard InChI is InChI=1S/C28H56O2.ClH/c1-2-3-4-5-6-7-8-9-10-11-12-13-14-15-16-17-18-19-20-21-22-23-24-25-26-27-28(29)30;/h2-27H2,1H3,(H,29,30);1H. The molecule has 0 atom stereocenters. The highest BCUT2D eigenvalue weighted by atomic mass is 35.5. The van der Waals surface area contributed by atoms with Crippen LogP contribution in [0.2, 0.25) is 0 Å². The lowest BCUT2D eigenvalue weighted by atomic mass is 10.0. The first-order chi connectivity index (χ1) is 14.8. The van der Waals surface area contributed by atoms with Crippen LogP contribution in [0.3, 0.4) is 0 Å². The van der Waals surface area contributed by atoms with Gasteiger partial charge in [-0.25, -0.2) is 0 Å². The third-order valence-electron chi connectivity index (χ3n) is 6.49. The molecule has 188 valence electrons. The number of aliphatic carboxylic acids is 1. The lowest BCUT2D eigenvalue weighted by Crippen LogP contribution is -1.93. The summed E-state index contributed by atoms with van der Waals surface area (Å²) in [7, 11) is 0. The van der Waals surface area contributed by atoms with Crippen LogP contribution in [-0.2, 0) is 4.79 Å². The summed E-state index contributed by atoms with van der Waals surface area (Å²) >= 11 is 0. The zero-order valence-electron chi connectivity index (χ0n) is 21.1. The quantitative estimate of drug-likeness (QED) is 0.130. The largest absolute Gasteiger partial charge is 0.481 e. The molecule has 0 radical (unpaired) electrons. The van der Waals surface area contributed by atoms with Crippen LogP contribution in [0.5, 0.6) is 0 Å². The summed E-state index contributed by atoms with van der Waals surface area (Å²) in [5, 5.41) is 8.60. The van der Waals surface area contributed by atoms with Crippen LogP contribution in [-0.4, -0.2) is 11.1 Å². The Morgan fingerprint density at radius 3 is 0.806 bits per heavy atom. The first-order valence-corrected chi connectivity index (χ1v) is 14.0. The lowest BCUT2D eigenvalue weighted by Gasteiger charge is -2.04. The zero-order chi connectivity index (χ0) is 22.0. The summed E-state index contributed by atoms with van der Waals surface area (Å²) in [5.41, 5.74) is 0. The predicted octanol–water partition coefficient (Wildman–Crippen LogP) is 10.7. The molecular formula is C28H57ClO2. The smallest absolute Gasteiger partial charge is 0.303 e. The number of halogens is 1. The molecule has 0 aromatic carbocycles. The molecule has 1 N–H and O–H groups in total. The van der Waals surface area contributed by atoms with Gasteiger partial charge in [0.2, 0.25) is 0 Å². The van der Waals surface area contributed by atoms with Crippen molar-refractivity contribution in [2.75, 3.05) is 0 Å². The first kappa shape index (κ1) is 32.9. The Kier molecular flexibility index (Phi) is 31.6. The van der Waals surface area contributed by atoms with Crippen LogP contribution in [0.1, 0.15) is 174 Å². The van der Waals surface area contributed by atoms with E-state index in [9.17, 15) is 4.79 Å². The lowest BCUT2D eigenvalue weighted by molar-refractivity contribution is -0.137. The third kappa shape index (κ3) is 32.0. The van der Waals surface area contributed by atoms with Crippen molar-refractivity contribution >= 4 is 18.4 Å². The van der Waals surface area contributed by atoms with Gasteiger partial charge in [0.05, 0.1) is 0 Å². The summed E-state index contributed by atoms with van der Waals surface area (Å²) < 4.78 is 0. The van der Waals surface area contributed by atoms with Gasteiger partial charge in [-0.15, -0.1) is 12.4 Å². The van der Waals surface area contributed by atoms with E-state index >= 15 is 0 Å². The molecule has 2 nitrogen and oxygen atoms in total. The van der Waals surface area contributed by atoms with Crippen LogP contribution < -0.4 is 0 Å². The molecule has 0 aromatic heterocycles. The van der Waals surface area contributed by atoms with E-state index in [1.165, 1.54) is 148 Å². The number of hydrogen-bond donors (Lipinski definition) is 1. The van der Waals surface area contributed by atoms with Crippen molar-refractivity contribution in [1.82, 2.24) is 0 Å². The highest BCUT2D eigenvalue weighted by molar-refractivity contribution is 5.85. The topological polar surface area (TPSA) is 37.3 Å². The summed E-state index contributed by atoms with van der Waals surface area (Å²) in [5.74, 6) is -0.649. The molecule has 31 heavy (non-hydrogen) atoms. The second kappa shape index (κ2) is 29.8. The summed E-state index contributed by atoms with van der Waals surface area (Å²) in [6, 6.07) is 0. The summed E-state index contributed by atoms with van der Waals surface area (Å²) in [4.78, 5) is 10.4. The fourth-order valence-electron chi connectivity index (χ4n) is 4.42. The van der Waals surface area contributed by atoms with Gasteiger partial charge in [0.1, 0.15) is 0 Å². The molecule has 0 saturated heterocycles. The van der Waals surface area contributed by atoms with Crippen molar-refractivity contribution in [1.29, 1.82) is 0 Å². The molecule has 0 heterocycles. The Labute approximate surface area is 202 Å². The number of rotatable bonds is 26. The normalized spacial score (nSPS) is 10.9. The van der Waals surface area contributed by atoms with E-state index in [2.05, 4.69) is 6.92 Å². The fraction of sp³-hybridized carbons (Fsp3) is 0.964. The van der Waals surface area contributed by atoms with Crippen molar-refractivity contribution in [2.24, 2.45) is 0 Å². The molecule has 0 aliphatic carbocycles. The average Bonchev–Trinajstić information content (AvgIpc) is 2.73. The molecule has 0 aliphatic heterocycles. The van der Waals surface area contributed by atoms with Crippen LogP contribution in [0, 0.1) is 0 Å². The van der Waals surface area contributed by atoms with Gasteiger partial charge in [0.15, 0.2) is 0 Å². The monoisotopic (exact) mass is 460 g/mol. The second-order valence-electron chi connectivity index (χ2n) is 9.63. The van der Waals surface area contributed by atoms with Crippen molar-refractivity contribution in [3.63, 3.8) is 0 Å². The van der Waals surface area contributed by atoms with E-state index in [0.717, 1.165) is 12.8 Å². The van der Waals surface area contributed by atoms with E-state index < -0.39 is 5.97 Å². The molecule has 0 unspecified atom stereocenters. The first-order valence-electron chi connectivity index (χ1n) is 14.0. The highest BCUT2D eigenvalue weighted by Crippen LogP contribution is 2.15. The average molecular weight is 461 g/mol. The van der Waals surface area contributed by atoms with Gasteiger partial charge in [0, 0.05) is 6.42 Å². The third-order valence-corrected chi connectivity index (χ3v) is 6.49. The minimum absolute atomic E-state index is 0. The summed E-state index contributed by atoms with van der Waals surface area (Å²) in [6.45, 7) is 2.29. The minimum Gasteiger partial charge on any atom is -0.481 e. The van der Waals surface area contributed by atoms with Gasteiger partial charge >= 0.3 is 5.97 Å². The maximum atomic E-state index is 10.4. The van der Waals surface area contributed by atoms with E-state index in [0.29, 0.717) is 6.42 Å². The van der Waals surface area contributed by atoms with Crippen LogP contribution in [0.15, 0.2) is 0 Å². The van der Waals surface area contributed by atoms with Crippen LogP contribution in [0.4, 0.5) is 0 Å². The van der Waals surface area contributed by atoms with Gasteiger partial charge < -0.3 is 5.11 Å². The van der Waals surface area contributed by atoms with Crippen molar-refractivity contribution in [3.05, 3.63) is 0 Å². The van der Waals surface area contributed by atoms with E-state index in [1.54, 1.807) is 0 Å². The molecule has 0 rings (SSSR count). The fourth-order valence-corrected chi connectivity index (χ4v) is 4.42. The Morgan fingerprint density at radius 2 is 0.613 bits per heavy atom. The van der Waals surface area contributed by atoms with Gasteiger partial charge in [-0.3, -0.25) is 4.79 Å². The Balaban J connectivity index is 0. The SMILES string of the molecule is CCCCCCCCCCCCCCCCCCCCCCCCCCCC(=O)O.Cl. The van der Waals surface area contributed by atoms with Crippen LogP contribution in [0.25, 0.3) is 0 Å². The number of unbranched alkanes of at least 4 members (excludes halogenated alkanes) is 24. The molecule has 0 aromatic rings. The number of hydrogen-bond acceptors (Lipinski definition) is 1. The van der Waals surface area contributed by atoms with Crippen LogP contribution >= 0.6 is 12.4 Å². The van der Waals surface area contributed by atoms with E-state index in [1.807, 2.05) is 0 Å². The molecule has 0 saturated carbocycles. The molecule has 0 aliphatic rings. The Hall–Kier alpha value is -0.240. The predicted molar refractivity (Wildman–Crippen MR) is 141 cm³/mol. The van der Waals surface area contributed by atoms with Gasteiger partial charge in [-0.2, -0.15) is 0 Å². The number of carboxylic acids is 1. The van der Waals surface area contributed by atoms with E-state index in [-0.39, 0.29) is 12.4 Å². The minimum atomic E-state index is -0.649. The number of carboxylic acid groups (broad SMARTS) is 1. The molecule has 0 spiro atoms. The molecule has 0 fully saturated rings. The molecule has 3 heteroatoms. The molecule has 0 amide bonds. The maximum Gasteiger partial charge on any atom is 0.303 e. The zero-order valence-corrected chi connectivity index (χ0v) is 22.0.